The number of carbonyl (C=O) groups excluding carboxylic acids is 1. The zero-order valence-electron chi connectivity index (χ0n) is 16.5. The number of nitrogens with zero attached hydrogens (tertiary/aromatic N) is 7. The van der Waals surface area contributed by atoms with Gasteiger partial charge >= 0.3 is 0 Å². The monoisotopic (exact) mass is 413 g/mol. The lowest BCUT2D eigenvalue weighted by molar-refractivity contribution is 0.0983. The molecule has 0 saturated heterocycles. The first-order chi connectivity index (χ1) is 15.1. The summed E-state index contributed by atoms with van der Waals surface area (Å²) in [7, 11) is 1.66. The lowest BCUT2D eigenvalue weighted by Crippen LogP contribution is -2.12. The SMILES string of the molecule is Cn1ncc(-c2cnccn2)c1C(=O)Cc1cc2nc(-c3ccccc3)nn2cc1F. The molecule has 0 unspecified atom stereocenters. The Labute approximate surface area is 176 Å². The highest BCUT2D eigenvalue weighted by molar-refractivity contribution is 6.01. The molecule has 0 radical (unpaired) electrons. The molecule has 0 saturated carbocycles. The molecule has 5 aromatic rings. The molecule has 9 heteroatoms. The molecule has 1 aromatic carbocycles. The van der Waals surface area contributed by atoms with Gasteiger partial charge in [0.15, 0.2) is 17.3 Å². The van der Waals surface area contributed by atoms with Crippen LogP contribution in [0.25, 0.3) is 28.3 Å². The summed E-state index contributed by atoms with van der Waals surface area (Å²) in [6, 6.07) is 11.0. The maximum Gasteiger partial charge on any atom is 0.186 e. The predicted octanol–water partition coefficient (Wildman–Crippen LogP) is 3.15. The van der Waals surface area contributed by atoms with Gasteiger partial charge in [0.1, 0.15) is 11.5 Å². The number of carbonyl (C=O) groups is 1. The predicted molar refractivity (Wildman–Crippen MR) is 111 cm³/mol. The molecule has 0 aliphatic carbocycles. The first kappa shape index (κ1) is 18.7. The van der Waals surface area contributed by atoms with Crippen LogP contribution >= 0.6 is 0 Å². The standard InChI is InChI=1S/C22H16FN7O/c1-29-21(16(11-26-29)18-12-24-7-8-25-18)19(31)9-15-10-20-27-22(14-5-3-2-4-6-14)28-30(20)13-17(15)23/h2-8,10-13H,9H2,1H3. The Kier molecular flexibility index (Phi) is 4.55. The van der Waals surface area contributed by atoms with E-state index in [0.717, 1.165) is 5.56 Å². The Hall–Kier alpha value is -4.27. The average molecular weight is 413 g/mol. The van der Waals surface area contributed by atoms with E-state index in [1.807, 2.05) is 30.3 Å². The number of hydrogen-bond acceptors (Lipinski definition) is 6. The minimum atomic E-state index is -0.534. The topological polar surface area (TPSA) is 90.9 Å². The summed E-state index contributed by atoms with van der Waals surface area (Å²) in [6.07, 6.45) is 7.30. The fraction of sp³-hybridized carbons (Fsp3) is 0.0909. The summed E-state index contributed by atoms with van der Waals surface area (Å²) in [5.74, 6) is -0.333. The van der Waals surface area contributed by atoms with Gasteiger partial charge in [0.05, 0.1) is 29.8 Å². The van der Waals surface area contributed by atoms with E-state index >= 15 is 0 Å². The van der Waals surface area contributed by atoms with Gasteiger partial charge in [-0.3, -0.25) is 19.4 Å². The van der Waals surface area contributed by atoms with Crippen molar-refractivity contribution in [1.82, 2.24) is 34.3 Å². The van der Waals surface area contributed by atoms with E-state index in [9.17, 15) is 9.18 Å². The Bertz CT molecular complexity index is 1390. The Balaban J connectivity index is 1.49. The Morgan fingerprint density at radius 2 is 1.97 bits per heavy atom. The molecule has 8 nitrogen and oxygen atoms in total. The molecule has 152 valence electrons. The summed E-state index contributed by atoms with van der Waals surface area (Å²) in [6.45, 7) is 0. The number of rotatable bonds is 5. The fourth-order valence-corrected chi connectivity index (χ4v) is 3.44. The second kappa shape index (κ2) is 7.52. The van der Waals surface area contributed by atoms with Gasteiger partial charge < -0.3 is 0 Å². The third-order valence-corrected chi connectivity index (χ3v) is 4.93. The Morgan fingerprint density at radius 3 is 2.74 bits per heavy atom. The van der Waals surface area contributed by atoms with Crippen LogP contribution in [0, 0.1) is 5.82 Å². The second-order valence-electron chi connectivity index (χ2n) is 6.97. The van der Waals surface area contributed by atoms with Crippen molar-refractivity contribution in [3.8, 4) is 22.6 Å². The molecule has 0 aliphatic rings. The van der Waals surface area contributed by atoms with Crippen LogP contribution in [0.15, 0.2) is 67.4 Å². The third-order valence-electron chi connectivity index (χ3n) is 4.93. The number of aromatic nitrogens is 7. The van der Waals surface area contributed by atoms with Crippen LogP contribution in [0.5, 0.6) is 0 Å². The first-order valence-electron chi connectivity index (χ1n) is 9.52. The van der Waals surface area contributed by atoms with Gasteiger partial charge in [-0.05, 0) is 6.07 Å². The van der Waals surface area contributed by atoms with E-state index < -0.39 is 5.82 Å². The lowest BCUT2D eigenvalue weighted by atomic mass is 10.0. The van der Waals surface area contributed by atoms with Crippen LogP contribution in [0.2, 0.25) is 0 Å². The average Bonchev–Trinajstić information content (AvgIpc) is 3.38. The van der Waals surface area contributed by atoms with Crippen molar-refractivity contribution in [2.75, 3.05) is 0 Å². The highest BCUT2D eigenvalue weighted by Gasteiger charge is 2.21. The largest absolute Gasteiger partial charge is 0.292 e. The van der Waals surface area contributed by atoms with Crippen LogP contribution in [0.4, 0.5) is 4.39 Å². The van der Waals surface area contributed by atoms with Crippen LogP contribution < -0.4 is 0 Å². The van der Waals surface area contributed by atoms with Gasteiger partial charge in [-0.2, -0.15) is 5.10 Å². The summed E-state index contributed by atoms with van der Waals surface area (Å²) in [5.41, 5.74) is 2.94. The molecular formula is C22H16FN7O. The third kappa shape index (κ3) is 3.46. The van der Waals surface area contributed by atoms with E-state index in [-0.39, 0.29) is 17.8 Å². The zero-order chi connectivity index (χ0) is 21.4. The summed E-state index contributed by atoms with van der Waals surface area (Å²) in [5, 5.41) is 8.51. The maximum atomic E-state index is 14.8. The molecule has 0 fully saturated rings. The van der Waals surface area contributed by atoms with Crippen LogP contribution in [0.1, 0.15) is 16.1 Å². The molecule has 0 atom stereocenters. The van der Waals surface area contributed by atoms with E-state index in [1.165, 1.54) is 15.4 Å². The molecule has 0 spiro atoms. The molecule has 4 heterocycles. The van der Waals surface area contributed by atoms with Gasteiger partial charge in [-0.15, -0.1) is 5.10 Å². The van der Waals surface area contributed by atoms with Crippen LogP contribution in [-0.2, 0) is 13.5 Å². The molecule has 0 bridgehead atoms. The van der Waals surface area contributed by atoms with Crippen molar-refractivity contribution < 1.29 is 9.18 Å². The fourth-order valence-electron chi connectivity index (χ4n) is 3.44. The number of pyridine rings is 1. The van der Waals surface area contributed by atoms with Gasteiger partial charge in [0.25, 0.3) is 0 Å². The maximum absolute atomic E-state index is 14.8. The number of fused-ring (bicyclic) bond motifs is 1. The van der Waals surface area contributed by atoms with E-state index in [2.05, 4.69) is 25.1 Å². The summed E-state index contributed by atoms with van der Waals surface area (Å²) in [4.78, 5) is 25.8. The number of halogens is 1. The number of ketones is 1. The van der Waals surface area contributed by atoms with Crippen molar-refractivity contribution in [3.05, 3.63) is 84.5 Å². The molecular weight excluding hydrogens is 397 g/mol. The highest BCUT2D eigenvalue weighted by Crippen LogP contribution is 2.23. The second-order valence-corrected chi connectivity index (χ2v) is 6.97. The zero-order valence-corrected chi connectivity index (χ0v) is 16.5. The van der Waals surface area contributed by atoms with Crippen molar-refractivity contribution >= 4 is 11.4 Å². The van der Waals surface area contributed by atoms with E-state index in [1.54, 1.807) is 37.9 Å². The number of benzene rings is 1. The molecule has 5 rings (SSSR count). The van der Waals surface area contributed by atoms with Crippen molar-refractivity contribution in [2.45, 2.75) is 6.42 Å². The normalized spacial score (nSPS) is 11.2. The van der Waals surface area contributed by atoms with Gasteiger partial charge in [0.2, 0.25) is 0 Å². The summed E-state index contributed by atoms with van der Waals surface area (Å²) >= 11 is 0. The van der Waals surface area contributed by atoms with Crippen LogP contribution in [-0.4, -0.2) is 40.1 Å². The van der Waals surface area contributed by atoms with Gasteiger partial charge in [-0.25, -0.2) is 13.9 Å². The number of Topliss-reactive ketones (excluding diaryl/α,β-unsaturated/α-hetero) is 1. The molecule has 4 aromatic heterocycles. The molecule has 31 heavy (non-hydrogen) atoms. The number of hydrogen-bond donors (Lipinski definition) is 0. The van der Waals surface area contributed by atoms with Gasteiger partial charge in [0, 0.05) is 37.0 Å². The quantitative estimate of drug-likeness (QED) is 0.411. The van der Waals surface area contributed by atoms with Crippen molar-refractivity contribution in [3.63, 3.8) is 0 Å². The molecule has 0 amide bonds. The highest BCUT2D eigenvalue weighted by atomic mass is 19.1. The van der Waals surface area contributed by atoms with Gasteiger partial charge in [-0.1, -0.05) is 30.3 Å². The van der Waals surface area contributed by atoms with Crippen LogP contribution in [0.3, 0.4) is 0 Å². The number of aryl methyl sites for hydroxylation is 1. The van der Waals surface area contributed by atoms with Crippen molar-refractivity contribution in [1.29, 1.82) is 0 Å². The van der Waals surface area contributed by atoms with E-state index in [0.29, 0.717) is 28.4 Å². The minimum absolute atomic E-state index is 0.150. The minimum Gasteiger partial charge on any atom is -0.292 e. The van der Waals surface area contributed by atoms with Crippen molar-refractivity contribution in [2.24, 2.45) is 7.05 Å². The first-order valence-corrected chi connectivity index (χ1v) is 9.52. The van der Waals surface area contributed by atoms with E-state index in [4.69, 9.17) is 0 Å². The Morgan fingerprint density at radius 1 is 1.13 bits per heavy atom. The lowest BCUT2D eigenvalue weighted by Gasteiger charge is -2.06. The summed E-state index contributed by atoms with van der Waals surface area (Å²) < 4.78 is 17.6. The molecule has 0 aliphatic heterocycles. The molecule has 0 N–H and O–H groups in total. The smallest absolute Gasteiger partial charge is 0.186 e.